The van der Waals surface area contributed by atoms with Crippen molar-refractivity contribution in [3.63, 3.8) is 0 Å². The molecule has 0 radical (unpaired) electrons. The fourth-order valence-electron chi connectivity index (χ4n) is 3.56. The van der Waals surface area contributed by atoms with Crippen molar-refractivity contribution >= 4 is 51.9 Å². The smallest absolute Gasteiger partial charge is 0.262 e. The van der Waals surface area contributed by atoms with Crippen molar-refractivity contribution in [2.24, 2.45) is 21.9 Å². The van der Waals surface area contributed by atoms with Gasteiger partial charge in [-0.05, 0) is 49.0 Å². The van der Waals surface area contributed by atoms with Crippen LogP contribution in [0.5, 0.6) is 0 Å². The summed E-state index contributed by atoms with van der Waals surface area (Å²) in [5.74, 6) is -0.642. The number of nitrogens with two attached hydrogens (primary N) is 1. The van der Waals surface area contributed by atoms with Gasteiger partial charge in [-0.3, -0.25) is 4.79 Å². The Morgan fingerprint density at radius 2 is 1.82 bits per heavy atom. The molecule has 2 aliphatic rings. The Hall–Kier alpha value is -2.77. The topological polar surface area (TPSA) is 74.3 Å². The zero-order valence-electron chi connectivity index (χ0n) is 15.1. The number of thiocarbonyl (C=S) groups is 1. The van der Waals surface area contributed by atoms with Crippen LogP contribution in [-0.2, 0) is 4.79 Å². The number of halogens is 1. The van der Waals surface area contributed by atoms with Crippen molar-refractivity contribution < 1.29 is 4.79 Å². The zero-order chi connectivity index (χ0) is 19.8. The first-order valence-electron chi connectivity index (χ1n) is 8.81. The maximum atomic E-state index is 13.1. The van der Waals surface area contributed by atoms with Crippen LogP contribution in [0.4, 0.5) is 5.69 Å². The second kappa shape index (κ2) is 7.33. The fourth-order valence-corrected chi connectivity index (χ4v) is 3.85. The zero-order valence-corrected chi connectivity index (χ0v) is 16.7. The molecule has 2 aromatic carbocycles. The summed E-state index contributed by atoms with van der Waals surface area (Å²) in [4.78, 5) is 13.1. The third-order valence-electron chi connectivity index (χ3n) is 4.88. The molecule has 28 heavy (non-hydrogen) atoms. The maximum absolute atomic E-state index is 13.1. The number of rotatable bonds is 3. The maximum Gasteiger partial charge on any atom is 0.262 e. The van der Waals surface area contributed by atoms with Gasteiger partial charge in [-0.1, -0.05) is 41.9 Å². The van der Waals surface area contributed by atoms with E-state index in [1.807, 2.05) is 61.5 Å². The van der Waals surface area contributed by atoms with E-state index in [0.29, 0.717) is 22.9 Å². The molecule has 2 aliphatic heterocycles. The van der Waals surface area contributed by atoms with Gasteiger partial charge in [0.2, 0.25) is 0 Å². The number of carbonyl (C=O) groups excluding carboxylic acids is 1. The molecule has 1 amide bonds. The summed E-state index contributed by atoms with van der Waals surface area (Å²) in [6, 6.07) is 16.7. The van der Waals surface area contributed by atoms with Crippen LogP contribution in [0.2, 0.25) is 5.02 Å². The average molecular weight is 412 g/mol. The number of hydrogen-bond donors (Lipinski definition) is 1. The van der Waals surface area contributed by atoms with E-state index in [-0.39, 0.29) is 17.1 Å². The van der Waals surface area contributed by atoms with E-state index in [0.717, 1.165) is 11.3 Å². The van der Waals surface area contributed by atoms with Gasteiger partial charge in [0.1, 0.15) is 5.92 Å². The van der Waals surface area contributed by atoms with E-state index in [1.165, 1.54) is 5.01 Å². The predicted molar refractivity (Wildman–Crippen MR) is 115 cm³/mol. The number of amides is 1. The van der Waals surface area contributed by atoms with E-state index < -0.39 is 5.92 Å². The molecule has 4 rings (SSSR count). The molecular weight excluding hydrogens is 394 g/mol. The summed E-state index contributed by atoms with van der Waals surface area (Å²) in [7, 11) is 0. The molecule has 0 saturated carbocycles. The van der Waals surface area contributed by atoms with Crippen LogP contribution in [0, 0.1) is 5.92 Å². The van der Waals surface area contributed by atoms with E-state index in [2.05, 4.69) is 10.2 Å². The SMILES string of the molecule is CC1=NN(c2ccccc2)C(=O)C1C1=NN(C(N)=S)C(c2ccc(Cl)cc2)C1. The van der Waals surface area contributed by atoms with Crippen molar-refractivity contribution in [3.8, 4) is 0 Å². The standard InChI is InChI=1S/C20H18ClN5OS/c1-12-18(19(27)25(23-12)15-5-3-2-4-6-15)16-11-17(26(24-16)20(22)28)13-7-9-14(21)10-8-13/h2-10,17-18H,11H2,1H3,(H2,22,28). The minimum absolute atomic E-state index is 0.123. The normalized spacial score (nSPS) is 21.7. The number of benzene rings is 2. The quantitative estimate of drug-likeness (QED) is 0.781. The van der Waals surface area contributed by atoms with Gasteiger partial charge < -0.3 is 5.73 Å². The van der Waals surface area contributed by atoms with Gasteiger partial charge in [0.25, 0.3) is 5.91 Å². The lowest BCUT2D eigenvalue weighted by Gasteiger charge is -2.21. The van der Waals surface area contributed by atoms with Crippen LogP contribution >= 0.6 is 23.8 Å². The number of nitrogens with zero attached hydrogens (tertiary/aromatic N) is 4. The van der Waals surface area contributed by atoms with Crippen LogP contribution in [0.25, 0.3) is 0 Å². The second-order valence-electron chi connectivity index (χ2n) is 6.71. The highest BCUT2D eigenvalue weighted by Gasteiger charge is 2.42. The molecule has 0 bridgehead atoms. The Bertz CT molecular complexity index is 989. The lowest BCUT2D eigenvalue weighted by molar-refractivity contribution is -0.118. The van der Waals surface area contributed by atoms with Crippen LogP contribution < -0.4 is 10.7 Å². The molecule has 0 spiro atoms. The van der Waals surface area contributed by atoms with E-state index in [1.54, 1.807) is 5.01 Å². The van der Waals surface area contributed by atoms with Crippen LogP contribution in [0.15, 0.2) is 64.8 Å². The molecule has 0 aromatic heterocycles. The number of hydrazone groups is 2. The van der Waals surface area contributed by atoms with Gasteiger partial charge in [-0.2, -0.15) is 15.2 Å². The Kier molecular flexibility index (Phi) is 4.87. The van der Waals surface area contributed by atoms with Gasteiger partial charge >= 0.3 is 0 Å². The summed E-state index contributed by atoms with van der Waals surface area (Å²) in [5, 5.41) is 12.9. The van der Waals surface area contributed by atoms with Crippen molar-refractivity contribution in [1.29, 1.82) is 0 Å². The van der Waals surface area contributed by atoms with Gasteiger partial charge in [-0.25, -0.2) is 5.01 Å². The molecular formula is C20H18ClN5OS. The highest BCUT2D eigenvalue weighted by Crippen LogP contribution is 2.35. The number of carbonyl (C=O) groups is 1. The molecule has 2 aromatic rings. The Morgan fingerprint density at radius 1 is 1.14 bits per heavy atom. The molecule has 8 heteroatoms. The summed E-state index contributed by atoms with van der Waals surface area (Å²) >= 11 is 11.2. The third kappa shape index (κ3) is 3.27. The lowest BCUT2D eigenvalue weighted by Crippen LogP contribution is -2.32. The predicted octanol–water partition coefficient (Wildman–Crippen LogP) is 3.73. The monoisotopic (exact) mass is 411 g/mol. The highest BCUT2D eigenvalue weighted by atomic mass is 35.5. The number of para-hydroxylation sites is 1. The third-order valence-corrected chi connectivity index (χ3v) is 5.32. The molecule has 0 aliphatic carbocycles. The fraction of sp³-hybridized carbons (Fsp3) is 0.200. The molecule has 6 nitrogen and oxygen atoms in total. The first kappa shape index (κ1) is 18.6. The van der Waals surface area contributed by atoms with Gasteiger partial charge in [0, 0.05) is 11.4 Å². The van der Waals surface area contributed by atoms with Gasteiger partial charge in [-0.15, -0.1) is 0 Å². The minimum atomic E-state index is -0.519. The molecule has 2 unspecified atom stereocenters. The van der Waals surface area contributed by atoms with Crippen molar-refractivity contribution in [3.05, 3.63) is 65.2 Å². The van der Waals surface area contributed by atoms with E-state index in [9.17, 15) is 4.79 Å². The Labute approximate surface area is 173 Å². The summed E-state index contributed by atoms with van der Waals surface area (Å²) in [6.07, 6.45) is 0.533. The molecule has 2 N–H and O–H groups in total. The van der Waals surface area contributed by atoms with E-state index in [4.69, 9.17) is 29.6 Å². The molecule has 0 saturated heterocycles. The van der Waals surface area contributed by atoms with E-state index >= 15 is 0 Å². The van der Waals surface area contributed by atoms with Crippen LogP contribution in [0.1, 0.15) is 24.9 Å². The van der Waals surface area contributed by atoms with Crippen molar-refractivity contribution in [2.75, 3.05) is 5.01 Å². The highest BCUT2D eigenvalue weighted by molar-refractivity contribution is 7.80. The summed E-state index contributed by atoms with van der Waals surface area (Å²) < 4.78 is 0. The molecule has 2 atom stereocenters. The molecule has 0 fully saturated rings. The average Bonchev–Trinajstić information content (AvgIpc) is 3.24. The first-order valence-corrected chi connectivity index (χ1v) is 9.60. The first-order chi connectivity index (χ1) is 13.5. The number of hydrogen-bond acceptors (Lipinski definition) is 4. The minimum Gasteiger partial charge on any atom is -0.375 e. The molecule has 2 heterocycles. The van der Waals surface area contributed by atoms with Crippen LogP contribution in [0.3, 0.4) is 0 Å². The largest absolute Gasteiger partial charge is 0.375 e. The van der Waals surface area contributed by atoms with Crippen molar-refractivity contribution in [2.45, 2.75) is 19.4 Å². The Balaban J connectivity index is 1.63. The van der Waals surface area contributed by atoms with Crippen LogP contribution in [-0.4, -0.2) is 27.5 Å². The summed E-state index contributed by atoms with van der Waals surface area (Å²) in [6.45, 7) is 1.84. The van der Waals surface area contributed by atoms with Gasteiger partial charge in [0.05, 0.1) is 23.2 Å². The van der Waals surface area contributed by atoms with Gasteiger partial charge in [0.15, 0.2) is 5.11 Å². The molecule has 142 valence electrons. The second-order valence-corrected chi connectivity index (χ2v) is 7.56. The summed E-state index contributed by atoms with van der Waals surface area (Å²) in [5.41, 5.74) is 9.02. The Morgan fingerprint density at radius 3 is 2.46 bits per heavy atom. The lowest BCUT2D eigenvalue weighted by atomic mass is 9.92. The van der Waals surface area contributed by atoms with Crippen molar-refractivity contribution in [1.82, 2.24) is 5.01 Å². The number of anilines is 1.